The molecule has 1 rings (SSSR count). The summed E-state index contributed by atoms with van der Waals surface area (Å²) in [5, 5.41) is 20.0. The maximum absolute atomic E-state index is 12.2. The fourth-order valence-corrected chi connectivity index (χ4v) is 1.90. The molecule has 0 saturated heterocycles. The van der Waals surface area contributed by atoms with Gasteiger partial charge in [0.05, 0.1) is 19.1 Å². The Balaban J connectivity index is 3.44. The van der Waals surface area contributed by atoms with Crippen LogP contribution in [0.15, 0.2) is 12.1 Å². The summed E-state index contributed by atoms with van der Waals surface area (Å²) in [6.45, 7) is 1.55. The summed E-state index contributed by atoms with van der Waals surface area (Å²) >= 11 is 0. The summed E-state index contributed by atoms with van der Waals surface area (Å²) < 4.78 is 9.87. The van der Waals surface area contributed by atoms with Gasteiger partial charge in [0.2, 0.25) is 5.75 Å². The average molecular weight is 297 g/mol. The smallest absolute Gasteiger partial charge is 0.315 e. The lowest BCUT2D eigenvalue weighted by Crippen LogP contribution is -2.23. The Hall–Kier alpha value is -2.64. The van der Waals surface area contributed by atoms with Crippen molar-refractivity contribution in [2.24, 2.45) is 5.92 Å². The van der Waals surface area contributed by atoms with Gasteiger partial charge in [0.15, 0.2) is 11.5 Å². The number of hydrogen-bond acceptors (Lipinski definition) is 6. The molecule has 0 radical (unpaired) electrons. The number of nitrogens with zero attached hydrogens (tertiary/aromatic N) is 1. The van der Waals surface area contributed by atoms with Gasteiger partial charge < -0.3 is 14.6 Å². The molecular weight excluding hydrogens is 282 g/mol. The number of Topliss-reactive ketones (excluding diaryl/α,β-unsaturated/α-hetero) is 1. The second-order valence-corrected chi connectivity index (χ2v) is 4.15. The quantitative estimate of drug-likeness (QED) is 0.353. The number of nitro groups is 1. The van der Waals surface area contributed by atoms with Crippen molar-refractivity contribution in [3.05, 3.63) is 27.8 Å². The number of benzene rings is 1. The molecule has 0 aliphatic carbocycles. The third-order valence-corrected chi connectivity index (χ3v) is 2.96. The topological polar surface area (TPSA) is 116 Å². The first kappa shape index (κ1) is 16.4. The van der Waals surface area contributed by atoms with Gasteiger partial charge in [-0.3, -0.25) is 19.7 Å². The second-order valence-electron chi connectivity index (χ2n) is 4.15. The highest BCUT2D eigenvalue weighted by atomic mass is 16.6. The number of carboxylic acids is 1. The van der Waals surface area contributed by atoms with Crippen LogP contribution in [0.5, 0.6) is 11.5 Å². The SMILES string of the molecule is CCC(C(=O)O)C(=O)c1cc(OC)c(OC)c([N+](=O)[O-])c1. The summed E-state index contributed by atoms with van der Waals surface area (Å²) in [5.41, 5.74) is -0.561. The van der Waals surface area contributed by atoms with E-state index in [1.54, 1.807) is 6.92 Å². The van der Waals surface area contributed by atoms with Gasteiger partial charge in [0.25, 0.3) is 0 Å². The van der Waals surface area contributed by atoms with Crippen LogP contribution in [0, 0.1) is 16.0 Å². The zero-order valence-corrected chi connectivity index (χ0v) is 11.8. The fraction of sp³-hybridized carbons (Fsp3) is 0.385. The summed E-state index contributed by atoms with van der Waals surface area (Å²) in [6.07, 6.45) is 0.0797. The minimum absolute atomic E-state index is 0.00436. The average Bonchev–Trinajstić information content (AvgIpc) is 2.45. The van der Waals surface area contributed by atoms with E-state index < -0.39 is 28.3 Å². The van der Waals surface area contributed by atoms with Crippen molar-refractivity contribution in [2.75, 3.05) is 14.2 Å². The van der Waals surface area contributed by atoms with Crippen LogP contribution in [-0.4, -0.2) is 36.0 Å². The number of carbonyl (C=O) groups is 2. The van der Waals surface area contributed by atoms with Crippen LogP contribution in [0.1, 0.15) is 23.7 Å². The molecule has 0 heterocycles. The molecule has 114 valence electrons. The van der Waals surface area contributed by atoms with E-state index in [0.717, 1.165) is 6.07 Å². The molecule has 0 aliphatic rings. The second kappa shape index (κ2) is 6.69. The molecule has 8 nitrogen and oxygen atoms in total. The van der Waals surface area contributed by atoms with Crippen LogP contribution >= 0.6 is 0 Å². The molecule has 1 aromatic rings. The Morgan fingerprint density at radius 1 is 1.33 bits per heavy atom. The van der Waals surface area contributed by atoms with E-state index in [9.17, 15) is 19.7 Å². The number of carboxylic acid groups (broad SMARTS) is 1. The Bertz CT molecular complexity index is 582. The molecule has 0 amide bonds. The number of ketones is 1. The lowest BCUT2D eigenvalue weighted by atomic mass is 9.94. The third-order valence-electron chi connectivity index (χ3n) is 2.96. The monoisotopic (exact) mass is 297 g/mol. The van der Waals surface area contributed by atoms with Gasteiger partial charge in [0, 0.05) is 11.6 Å². The van der Waals surface area contributed by atoms with Crippen LogP contribution in [0.4, 0.5) is 5.69 Å². The first-order valence-electron chi connectivity index (χ1n) is 6.04. The normalized spacial score (nSPS) is 11.6. The van der Waals surface area contributed by atoms with Crippen LogP contribution in [-0.2, 0) is 4.79 Å². The molecule has 1 atom stereocenters. The molecule has 0 spiro atoms. The summed E-state index contributed by atoms with van der Waals surface area (Å²) in [7, 11) is 2.50. The van der Waals surface area contributed by atoms with E-state index in [4.69, 9.17) is 14.6 Å². The highest BCUT2D eigenvalue weighted by Crippen LogP contribution is 2.38. The first-order chi connectivity index (χ1) is 9.87. The zero-order valence-electron chi connectivity index (χ0n) is 11.8. The van der Waals surface area contributed by atoms with Crippen LogP contribution in [0.25, 0.3) is 0 Å². The van der Waals surface area contributed by atoms with Gasteiger partial charge in [-0.25, -0.2) is 0 Å². The Labute approximate surface area is 120 Å². The fourth-order valence-electron chi connectivity index (χ4n) is 1.90. The van der Waals surface area contributed by atoms with Crippen molar-refractivity contribution in [3.8, 4) is 11.5 Å². The van der Waals surface area contributed by atoms with E-state index >= 15 is 0 Å². The summed E-state index contributed by atoms with van der Waals surface area (Å²) in [6, 6.07) is 2.23. The predicted molar refractivity (Wildman–Crippen MR) is 71.9 cm³/mol. The summed E-state index contributed by atoms with van der Waals surface area (Å²) in [5.74, 6) is -3.38. The molecule has 0 aliphatic heterocycles. The van der Waals surface area contributed by atoms with Crippen molar-refractivity contribution >= 4 is 17.4 Å². The maximum atomic E-state index is 12.2. The number of methoxy groups -OCH3 is 2. The minimum Gasteiger partial charge on any atom is -0.493 e. The number of carbonyl (C=O) groups excluding carboxylic acids is 1. The predicted octanol–water partition coefficient (Wildman–Crippen LogP) is 1.91. The highest BCUT2D eigenvalue weighted by molar-refractivity contribution is 6.08. The van der Waals surface area contributed by atoms with Crippen molar-refractivity contribution in [1.29, 1.82) is 0 Å². The molecule has 1 N–H and O–H groups in total. The lowest BCUT2D eigenvalue weighted by molar-refractivity contribution is -0.385. The summed E-state index contributed by atoms with van der Waals surface area (Å²) in [4.78, 5) is 33.5. The molecule has 0 aromatic heterocycles. The number of rotatable bonds is 7. The standard InChI is InChI=1S/C13H15NO7/c1-4-8(13(16)17)11(15)7-5-9(14(18)19)12(21-3)10(6-7)20-2/h5-6,8H,4H2,1-3H3,(H,16,17). The molecule has 8 heteroatoms. The van der Waals surface area contributed by atoms with Gasteiger partial charge >= 0.3 is 11.7 Å². The van der Waals surface area contributed by atoms with E-state index in [-0.39, 0.29) is 23.5 Å². The number of aliphatic carboxylic acids is 1. The Morgan fingerprint density at radius 2 is 1.95 bits per heavy atom. The molecule has 21 heavy (non-hydrogen) atoms. The number of ether oxygens (including phenoxy) is 2. The highest BCUT2D eigenvalue weighted by Gasteiger charge is 2.29. The third kappa shape index (κ3) is 3.28. The van der Waals surface area contributed by atoms with Crippen molar-refractivity contribution in [2.45, 2.75) is 13.3 Å². The molecule has 0 saturated carbocycles. The van der Waals surface area contributed by atoms with Gasteiger partial charge in [0.1, 0.15) is 5.92 Å². The number of nitro benzene ring substituents is 1. The molecule has 1 aromatic carbocycles. The Kier molecular flexibility index (Phi) is 5.23. The van der Waals surface area contributed by atoms with Crippen LogP contribution < -0.4 is 9.47 Å². The molecule has 0 fully saturated rings. The van der Waals surface area contributed by atoms with E-state index in [1.165, 1.54) is 20.3 Å². The molecule has 0 bridgehead atoms. The van der Waals surface area contributed by atoms with E-state index in [1.807, 2.05) is 0 Å². The van der Waals surface area contributed by atoms with Crippen molar-refractivity contribution in [1.82, 2.24) is 0 Å². The van der Waals surface area contributed by atoms with Gasteiger partial charge in [-0.2, -0.15) is 0 Å². The maximum Gasteiger partial charge on any atom is 0.315 e. The first-order valence-corrected chi connectivity index (χ1v) is 6.04. The van der Waals surface area contributed by atoms with E-state index in [2.05, 4.69) is 0 Å². The number of hydrogen-bond donors (Lipinski definition) is 1. The minimum atomic E-state index is -1.28. The lowest BCUT2D eigenvalue weighted by Gasteiger charge is -2.12. The molecule has 1 unspecified atom stereocenters. The Morgan fingerprint density at radius 3 is 2.33 bits per heavy atom. The van der Waals surface area contributed by atoms with Gasteiger partial charge in [-0.05, 0) is 12.5 Å². The van der Waals surface area contributed by atoms with Crippen LogP contribution in [0.2, 0.25) is 0 Å². The zero-order chi connectivity index (χ0) is 16.2. The van der Waals surface area contributed by atoms with Crippen molar-refractivity contribution < 1.29 is 29.1 Å². The van der Waals surface area contributed by atoms with Crippen LogP contribution in [0.3, 0.4) is 0 Å². The van der Waals surface area contributed by atoms with Gasteiger partial charge in [-0.1, -0.05) is 6.92 Å². The van der Waals surface area contributed by atoms with Gasteiger partial charge in [-0.15, -0.1) is 0 Å². The van der Waals surface area contributed by atoms with E-state index in [0.29, 0.717) is 0 Å². The largest absolute Gasteiger partial charge is 0.493 e. The van der Waals surface area contributed by atoms with Crippen molar-refractivity contribution in [3.63, 3.8) is 0 Å². The molecular formula is C13H15NO7.